The predicted molar refractivity (Wildman–Crippen MR) is 99.2 cm³/mol. The molecule has 0 heterocycles. The SMILES string of the molecule is CCc1cc(S(=O)(=O)c2ccc(C)cc2)c([N+](=O)[O-])cc1C(=O)N=C(N)N. The molecule has 1 amide bonds. The number of aryl methyl sites for hydroxylation is 2. The Bertz CT molecular complexity index is 1040. The molecule has 0 atom stereocenters. The van der Waals surface area contributed by atoms with E-state index in [0.717, 1.165) is 17.7 Å². The number of nitrogens with two attached hydrogens (primary N) is 2. The summed E-state index contributed by atoms with van der Waals surface area (Å²) >= 11 is 0. The van der Waals surface area contributed by atoms with Crippen molar-refractivity contribution in [2.24, 2.45) is 16.5 Å². The summed E-state index contributed by atoms with van der Waals surface area (Å²) in [5.41, 5.74) is 10.6. The first-order chi connectivity index (χ1) is 12.6. The third-order valence-corrected chi connectivity index (χ3v) is 5.64. The normalized spacial score (nSPS) is 11.0. The van der Waals surface area contributed by atoms with Crippen LogP contribution in [-0.4, -0.2) is 25.2 Å². The lowest BCUT2D eigenvalue weighted by Crippen LogP contribution is -2.24. The van der Waals surface area contributed by atoms with Gasteiger partial charge in [-0.25, -0.2) is 8.42 Å². The Hall–Kier alpha value is -3.27. The quantitative estimate of drug-likeness (QED) is 0.340. The van der Waals surface area contributed by atoms with Gasteiger partial charge in [0, 0.05) is 6.07 Å². The molecule has 2 rings (SSSR count). The van der Waals surface area contributed by atoms with Gasteiger partial charge in [0.2, 0.25) is 9.84 Å². The number of sulfone groups is 1. The van der Waals surface area contributed by atoms with Crippen LogP contribution >= 0.6 is 0 Å². The van der Waals surface area contributed by atoms with Crippen LogP contribution in [0, 0.1) is 17.0 Å². The molecule has 0 bridgehead atoms. The second-order valence-corrected chi connectivity index (χ2v) is 7.66. The van der Waals surface area contributed by atoms with Crippen molar-refractivity contribution in [3.63, 3.8) is 0 Å². The molecule has 0 saturated carbocycles. The summed E-state index contributed by atoms with van der Waals surface area (Å²) < 4.78 is 25.9. The molecule has 0 aliphatic rings. The first-order valence-corrected chi connectivity index (χ1v) is 9.33. The van der Waals surface area contributed by atoms with Crippen molar-refractivity contribution < 1.29 is 18.1 Å². The first-order valence-electron chi connectivity index (χ1n) is 7.85. The van der Waals surface area contributed by atoms with Crippen LogP contribution in [0.25, 0.3) is 0 Å². The monoisotopic (exact) mass is 390 g/mol. The maximum absolute atomic E-state index is 12.9. The Morgan fingerprint density at radius 1 is 1.19 bits per heavy atom. The van der Waals surface area contributed by atoms with Crippen molar-refractivity contribution in [1.82, 2.24) is 0 Å². The van der Waals surface area contributed by atoms with E-state index in [0.29, 0.717) is 0 Å². The average Bonchev–Trinajstić information content (AvgIpc) is 2.60. The van der Waals surface area contributed by atoms with Gasteiger partial charge in [0.05, 0.1) is 15.4 Å². The Balaban J connectivity index is 2.77. The van der Waals surface area contributed by atoms with E-state index < -0.39 is 37.2 Å². The summed E-state index contributed by atoms with van der Waals surface area (Å²) in [4.78, 5) is 25.6. The Labute approximate surface area is 155 Å². The molecule has 0 saturated heterocycles. The van der Waals surface area contributed by atoms with Crippen molar-refractivity contribution in [1.29, 1.82) is 0 Å². The number of carbonyl (C=O) groups excluding carboxylic acids is 1. The molecule has 0 fully saturated rings. The molecule has 0 radical (unpaired) electrons. The number of rotatable bonds is 5. The van der Waals surface area contributed by atoms with E-state index in [1.807, 2.05) is 0 Å². The number of carbonyl (C=O) groups is 1. The van der Waals surface area contributed by atoms with Crippen LogP contribution < -0.4 is 11.5 Å². The second-order valence-electron chi connectivity index (χ2n) is 5.75. The molecule has 2 aromatic rings. The summed E-state index contributed by atoms with van der Waals surface area (Å²) in [5, 5.41) is 11.5. The highest BCUT2D eigenvalue weighted by Gasteiger charge is 2.30. The maximum atomic E-state index is 12.9. The van der Waals surface area contributed by atoms with Gasteiger partial charge in [-0.2, -0.15) is 4.99 Å². The van der Waals surface area contributed by atoms with Crippen LogP contribution in [0.5, 0.6) is 0 Å². The largest absolute Gasteiger partial charge is 0.370 e. The number of amides is 1. The Kier molecular flexibility index (Phi) is 5.60. The molecule has 4 N–H and O–H groups in total. The molecule has 0 aliphatic heterocycles. The van der Waals surface area contributed by atoms with Gasteiger partial charge < -0.3 is 11.5 Å². The fourth-order valence-corrected chi connectivity index (χ4v) is 3.94. The van der Waals surface area contributed by atoms with E-state index in [1.165, 1.54) is 12.1 Å². The van der Waals surface area contributed by atoms with Gasteiger partial charge in [-0.15, -0.1) is 0 Å². The fourth-order valence-electron chi connectivity index (χ4n) is 2.48. The zero-order chi connectivity index (χ0) is 20.4. The number of nitro benzene ring substituents is 1. The highest BCUT2D eigenvalue weighted by atomic mass is 32.2. The van der Waals surface area contributed by atoms with Crippen LogP contribution in [0.4, 0.5) is 5.69 Å². The molecule has 10 heteroatoms. The topological polar surface area (TPSA) is 159 Å². The lowest BCUT2D eigenvalue weighted by molar-refractivity contribution is -0.387. The van der Waals surface area contributed by atoms with Gasteiger partial charge in [0.15, 0.2) is 5.96 Å². The van der Waals surface area contributed by atoms with E-state index in [4.69, 9.17) is 11.5 Å². The van der Waals surface area contributed by atoms with E-state index in [-0.39, 0.29) is 22.4 Å². The van der Waals surface area contributed by atoms with E-state index >= 15 is 0 Å². The third-order valence-electron chi connectivity index (χ3n) is 3.84. The van der Waals surface area contributed by atoms with Crippen molar-refractivity contribution in [3.05, 3.63) is 63.2 Å². The molecule has 0 aliphatic carbocycles. The fraction of sp³-hybridized carbons (Fsp3) is 0.176. The first kappa shape index (κ1) is 20.0. The summed E-state index contributed by atoms with van der Waals surface area (Å²) in [7, 11) is -4.17. The molecular weight excluding hydrogens is 372 g/mol. The van der Waals surface area contributed by atoms with E-state index in [2.05, 4.69) is 4.99 Å². The molecule has 0 unspecified atom stereocenters. The van der Waals surface area contributed by atoms with Crippen LogP contribution in [0.15, 0.2) is 51.2 Å². The average molecular weight is 390 g/mol. The van der Waals surface area contributed by atoms with Gasteiger partial charge in [0.25, 0.3) is 11.6 Å². The number of hydrogen-bond donors (Lipinski definition) is 2. The van der Waals surface area contributed by atoms with Crippen LogP contribution in [0.1, 0.15) is 28.4 Å². The zero-order valence-electron chi connectivity index (χ0n) is 14.7. The minimum absolute atomic E-state index is 0.0819. The number of aliphatic imine (C=N–C) groups is 1. The highest BCUT2D eigenvalue weighted by molar-refractivity contribution is 7.91. The Morgan fingerprint density at radius 3 is 2.26 bits per heavy atom. The molecule has 0 spiro atoms. The number of nitro groups is 1. The predicted octanol–water partition coefficient (Wildman–Crippen LogP) is 1.71. The Morgan fingerprint density at radius 2 is 1.78 bits per heavy atom. The molecule has 2 aromatic carbocycles. The minimum atomic E-state index is -4.17. The van der Waals surface area contributed by atoms with Gasteiger partial charge in [-0.1, -0.05) is 24.6 Å². The van der Waals surface area contributed by atoms with E-state index in [1.54, 1.807) is 26.0 Å². The molecule has 9 nitrogen and oxygen atoms in total. The summed E-state index contributed by atoms with van der Waals surface area (Å²) in [6, 6.07) is 7.96. The molecule has 142 valence electrons. The van der Waals surface area contributed by atoms with Gasteiger partial charge in [0.1, 0.15) is 4.90 Å². The lowest BCUT2D eigenvalue weighted by Gasteiger charge is -2.11. The van der Waals surface area contributed by atoms with Crippen LogP contribution in [-0.2, 0) is 16.3 Å². The standard InChI is InChI=1S/C17H18N4O5S/c1-3-11-8-15(27(25,26)12-6-4-10(2)5-7-12)14(21(23)24)9-13(11)16(22)20-17(18)19/h4-9H,3H2,1-2H3,(H4,18,19,20,22). The van der Waals surface area contributed by atoms with Crippen molar-refractivity contribution in [2.75, 3.05) is 0 Å². The van der Waals surface area contributed by atoms with Crippen LogP contribution in [0.2, 0.25) is 0 Å². The highest BCUT2D eigenvalue weighted by Crippen LogP contribution is 2.33. The second kappa shape index (κ2) is 7.54. The molecule has 0 aromatic heterocycles. The number of nitrogens with zero attached hydrogens (tertiary/aromatic N) is 2. The summed E-state index contributed by atoms with van der Waals surface area (Å²) in [6.07, 6.45) is 0.246. The van der Waals surface area contributed by atoms with Crippen LogP contribution in [0.3, 0.4) is 0 Å². The maximum Gasteiger partial charge on any atom is 0.289 e. The van der Waals surface area contributed by atoms with Gasteiger partial charge in [-0.05, 0) is 37.1 Å². The molecular formula is C17H18N4O5S. The number of guanidine groups is 1. The smallest absolute Gasteiger partial charge is 0.289 e. The lowest BCUT2D eigenvalue weighted by atomic mass is 10.0. The zero-order valence-corrected chi connectivity index (χ0v) is 15.5. The summed E-state index contributed by atoms with van der Waals surface area (Å²) in [5.74, 6) is -1.38. The number of benzene rings is 2. The van der Waals surface area contributed by atoms with Gasteiger partial charge in [-0.3, -0.25) is 14.9 Å². The van der Waals surface area contributed by atoms with Crippen molar-refractivity contribution in [2.45, 2.75) is 30.1 Å². The minimum Gasteiger partial charge on any atom is -0.370 e. The molecule has 27 heavy (non-hydrogen) atoms. The van der Waals surface area contributed by atoms with Gasteiger partial charge >= 0.3 is 0 Å². The van der Waals surface area contributed by atoms with E-state index in [9.17, 15) is 23.3 Å². The van der Waals surface area contributed by atoms with Crippen molar-refractivity contribution >= 4 is 27.4 Å². The summed E-state index contributed by atoms with van der Waals surface area (Å²) in [6.45, 7) is 3.47. The van der Waals surface area contributed by atoms with Crippen molar-refractivity contribution in [3.8, 4) is 0 Å². The number of hydrogen-bond acceptors (Lipinski definition) is 5. The third kappa shape index (κ3) is 4.11.